The van der Waals surface area contributed by atoms with Crippen molar-refractivity contribution in [1.29, 1.82) is 0 Å². The van der Waals surface area contributed by atoms with E-state index in [0.717, 1.165) is 16.8 Å². The second-order valence-corrected chi connectivity index (χ2v) is 7.45. The number of aromatic nitrogens is 2. The third-order valence-corrected chi connectivity index (χ3v) is 4.29. The Bertz CT molecular complexity index is 946. The van der Waals surface area contributed by atoms with Crippen molar-refractivity contribution < 1.29 is 0 Å². The second-order valence-electron chi connectivity index (χ2n) is 7.45. The molecule has 0 radical (unpaired) electrons. The Morgan fingerprint density at radius 3 is 2.23 bits per heavy atom. The molecule has 0 bridgehead atoms. The zero-order valence-corrected chi connectivity index (χ0v) is 15.5. The fraction of sp³-hybridized carbons (Fsp3) is 0.217. The van der Waals surface area contributed by atoms with Crippen LogP contribution in [-0.4, -0.2) is 9.78 Å². The van der Waals surface area contributed by atoms with E-state index in [4.69, 9.17) is 0 Å². The molecule has 0 amide bonds. The lowest BCUT2D eigenvalue weighted by atomic mass is 9.87. The maximum atomic E-state index is 12.2. The highest BCUT2D eigenvalue weighted by molar-refractivity contribution is 5.67. The summed E-state index contributed by atoms with van der Waals surface area (Å²) >= 11 is 0. The molecule has 0 spiro atoms. The molecule has 3 nitrogen and oxygen atoms in total. The van der Waals surface area contributed by atoms with E-state index in [1.807, 2.05) is 42.5 Å². The van der Waals surface area contributed by atoms with Crippen LogP contribution < -0.4 is 5.56 Å². The molecule has 26 heavy (non-hydrogen) atoms. The molecule has 0 aliphatic carbocycles. The zero-order valence-electron chi connectivity index (χ0n) is 15.5. The predicted octanol–water partition coefficient (Wildman–Crippen LogP) is 4.76. The topological polar surface area (TPSA) is 34.9 Å². The number of hydrogen-bond donors (Lipinski definition) is 0. The first-order chi connectivity index (χ1) is 12.4. The van der Waals surface area contributed by atoms with E-state index < -0.39 is 0 Å². The molecule has 3 rings (SSSR count). The van der Waals surface area contributed by atoms with Crippen LogP contribution in [0.1, 0.15) is 43.2 Å². The summed E-state index contributed by atoms with van der Waals surface area (Å²) in [5.74, 6) is 0. The van der Waals surface area contributed by atoms with Crippen molar-refractivity contribution in [2.75, 3.05) is 0 Å². The van der Waals surface area contributed by atoms with Crippen LogP contribution in [0.25, 0.3) is 12.2 Å². The molecule has 0 atom stereocenters. The number of hydrogen-bond acceptors (Lipinski definition) is 2. The van der Waals surface area contributed by atoms with E-state index in [1.165, 1.54) is 10.2 Å². The van der Waals surface area contributed by atoms with Gasteiger partial charge in [0.25, 0.3) is 5.56 Å². The van der Waals surface area contributed by atoms with E-state index >= 15 is 0 Å². The average Bonchev–Trinajstić information content (AvgIpc) is 2.63. The van der Waals surface area contributed by atoms with E-state index in [2.05, 4.69) is 50.1 Å². The molecule has 1 heterocycles. The van der Waals surface area contributed by atoms with Crippen LogP contribution in [0.3, 0.4) is 0 Å². The summed E-state index contributed by atoms with van der Waals surface area (Å²) in [5.41, 5.74) is 4.24. The van der Waals surface area contributed by atoms with Gasteiger partial charge in [0.2, 0.25) is 0 Å². The van der Waals surface area contributed by atoms with Gasteiger partial charge in [0.15, 0.2) is 0 Å². The summed E-state index contributed by atoms with van der Waals surface area (Å²) in [6, 6.07) is 21.8. The zero-order chi connectivity index (χ0) is 18.6. The number of nitrogens with zero attached hydrogens (tertiary/aromatic N) is 2. The predicted molar refractivity (Wildman–Crippen MR) is 108 cm³/mol. The standard InChI is InChI=1S/C23H24N2O/c1-23(2,3)20-12-9-19(10-13-20)17-25-22(26)16-15-21(24-25)14-11-18-7-5-4-6-8-18/h4-16H,17H2,1-3H3/b14-11+. The van der Waals surface area contributed by atoms with Crippen LogP contribution in [-0.2, 0) is 12.0 Å². The van der Waals surface area contributed by atoms with Crippen molar-refractivity contribution in [2.24, 2.45) is 0 Å². The summed E-state index contributed by atoms with van der Waals surface area (Å²) in [7, 11) is 0. The summed E-state index contributed by atoms with van der Waals surface area (Å²) < 4.78 is 1.51. The molecule has 3 heteroatoms. The van der Waals surface area contributed by atoms with E-state index in [1.54, 1.807) is 12.1 Å². The van der Waals surface area contributed by atoms with Crippen LogP contribution in [0, 0.1) is 0 Å². The maximum Gasteiger partial charge on any atom is 0.267 e. The first-order valence-corrected chi connectivity index (χ1v) is 8.82. The molecule has 2 aromatic carbocycles. The molecule has 0 N–H and O–H groups in total. The third kappa shape index (κ3) is 4.57. The Hall–Kier alpha value is -2.94. The Kier molecular flexibility index (Phi) is 5.17. The van der Waals surface area contributed by atoms with Gasteiger partial charge >= 0.3 is 0 Å². The van der Waals surface area contributed by atoms with Crippen molar-refractivity contribution >= 4 is 12.2 Å². The molecule has 0 aliphatic rings. The fourth-order valence-corrected chi connectivity index (χ4v) is 2.70. The molecule has 132 valence electrons. The molecule has 0 fully saturated rings. The highest BCUT2D eigenvalue weighted by Gasteiger charge is 2.13. The minimum atomic E-state index is -0.0956. The summed E-state index contributed by atoms with van der Waals surface area (Å²) in [6.07, 6.45) is 3.92. The van der Waals surface area contributed by atoms with Crippen LogP contribution in [0.2, 0.25) is 0 Å². The molecule has 1 aromatic heterocycles. The van der Waals surface area contributed by atoms with Gasteiger partial charge < -0.3 is 0 Å². The molecule has 0 unspecified atom stereocenters. The average molecular weight is 344 g/mol. The normalized spacial score (nSPS) is 11.8. The van der Waals surface area contributed by atoms with Gasteiger partial charge in [-0.1, -0.05) is 81.4 Å². The first kappa shape index (κ1) is 17.9. The molecule has 3 aromatic rings. The van der Waals surface area contributed by atoms with Crippen molar-refractivity contribution in [3.8, 4) is 0 Å². The third-order valence-electron chi connectivity index (χ3n) is 4.29. The van der Waals surface area contributed by atoms with Gasteiger partial charge in [-0.2, -0.15) is 5.10 Å². The monoisotopic (exact) mass is 344 g/mol. The van der Waals surface area contributed by atoms with Crippen LogP contribution in [0.4, 0.5) is 0 Å². The quantitative estimate of drug-likeness (QED) is 0.684. The Morgan fingerprint density at radius 2 is 1.58 bits per heavy atom. The first-order valence-electron chi connectivity index (χ1n) is 8.82. The van der Waals surface area contributed by atoms with Crippen molar-refractivity contribution in [3.05, 3.63) is 99.5 Å². The van der Waals surface area contributed by atoms with E-state index in [9.17, 15) is 4.79 Å². The van der Waals surface area contributed by atoms with Gasteiger partial charge in [-0.05, 0) is 34.2 Å². The van der Waals surface area contributed by atoms with Gasteiger partial charge in [-0.3, -0.25) is 4.79 Å². The number of benzene rings is 2. The molecule has 0 saturated carbocycles. The minimum absolute atomic E-state index is 0.0956. The Morgan fingerprint density at radius 1 is 0.885 bits per heavy atom. The molecular formula is C23H24N2O. The SMILES string of the molecule is CC(C)(C)c1ccc(Cn2nc(/C=C/c3ccccc3)ccc2=O)cc1. The summed E-state index contributed by atoms with van der Waals surface area (Å²) in [5, 5.41) is 4.47. The highest BCUT2D eigenvalue weighted by atomic mass is 16.1. The van der Waals surface area contributed by atoms with Crippen LogP contribution in [0.15, 0.2) is 71.5 Å². The van der Waals surface area contributed by atoms with Gasteiger partial charge in [0.05, 0.1) is 12.2 Å². The van der Waals surface area contributed by atoms with Crippen LogP contribution >= 0.6 is 0 Å². The van der Waals surface area contributed by atoms with Crippen LogP contribution in [0.5, 0.6) is 0 Å². The van der Waals surface area contributed by atoms with E-state index in [-0.39, 0.29) is 11.0 Å². The molecule has 0 saturated heterocycles. The van der Waals surface area contributed by atoms with Crippen molar-refractivity contribution in [2.45, 2.75) is 32.7 Å². The lowest BCUT2D eigenvalue weighted by Gasteiger charge is -2.19. The Labute approximate surface area is 154 Å². The Balaban J connectivity index is 1.80. The largest absolute Gasteiger partial charge is 0.268 e. The van der Waals surface area contributed by atoms with Gasteiger partial charge in [0.1, 0.15) is 0 Å². The van der Waals surface area contributed by atoms with Gasteiger partial charge in [-0.25, -0.2) is 4.68 Å². The fourth-order valence-electron chi connectivity index (χ4n) is 2.70. The lowest BCUT2D eigenvalue weighted by Crippen LogP contribution is -2.23. The van der Waals surface area contributed by atoms with Gasteiger partial charge in [0, 0.05) is 6.07 Å². The summed E-state index contributed by atoms with van der Waals surface area (Å²) in [6.45, 7) is 7.04. The van der Waals surface area contributed by atoms with Crippen molar-refractivity contribution in [1.82, 2.24) is 9.78 Å². The molecular weight excluding hydrogens is 320 g/mol. The maximum absolute atomic E-state index is 12.2. The second kappa shape index (κ2) is 7.52. The molecule has 0 aliphatic heterocycles. The van der Waals surface area contributed by atoms with Crippen molar-refractivity contribution in [3.63, 3.8) is 0 Å². The summed E-state index contributed by atoms with van der Waals surface area (Å²) in [4.78, 5) is 12.2. The smallest absolute Gasteiger partial charge is 0.267 e. The number of rotatable bonds is 4. The van der Waals surface area contributed by atoms with Gasteiger partial charge in [-0.15, -0.1) is 0 Å². The lowest BCUT2D eigenvalue weighted by molar-refractivity contribution is 0.588. The highest BCUT2D eigenvalue weighted by Crippen LogP contribution is 2.22. The minimum Gasteiger partial charge on any atom is -0.268 e. The van der Waals surface area contributed by atoms with E-state index in [0.29, 0.717) is 6.54 Å².